The van der Waals surface area contributed by atoms with Gasteiger partial charge in [0.05, 0.1) is 31.6 Å². The van der Waals surface area contributed by atoms with Gasteiger partial charge in [0.25, 0.3) is 0 Å². The van der Waals surface area contributed by atoms with Gasteiger partial charge in [-0.05, 0) is 24.3 Å². The van der Waals surface area contributed by atoms with Crippen LogP contribution in [0.25, 0.3) is 0 Å². The van der Waals surface area contributed by atoms with Crippen molar-refractivity contribution in [2.45, 2.75) is 4.90 Å². The molecule has 214 valence electrons. The summed E-state index contributed by atoms with van der Waals surface area (Å²) in [6.45, 7) is 2.54. The van der Waals surface area contributed by atoms with Crippen LogP contribution < -0.4 is 9.46 Å². The summed E-state index contributed by atoms with van der Waals surface area (Å²) in [5, 5.41) is 27.9. The van der Waals surface area contributed by atoms with E-state index in [9.17, 15) is 38.1 Å². The molecule has 0 aromatic heterocycles. The zero-order chi connectivity index (χ0) is 28.1. The molecule has 0 atom stereocenters. The van der Waals surface area contributed by atoms with E-state index in [2.05, 4.69) is 4.72 Å². The summed E-state index contributed by atoms with van der Waals surface area (Å²) in [4.78, 5) is 41.2. The Morgan fingerprint density at radius 1 is 0.737 bits per heavy atom. The number of sulfonamides is 1. The van der Waals surface area contributed by atoms with Gasteiger partial charge in [0.15, 0.2) is 0 Å². The van der Waals surface area contributed by atoms with Gasteiger partial charge >= 0.3 is 17.9 Å². The molecule has 0 unspecified atom stereocenters. The lowest BCUT2D eigenvalue weighted by Crippen LogP contribution is -2.49. The first kappa shape index (κ1) is 31.4. The SMILES string of the molecule is COc1ccc(S(=O)(=O)NCCN2CCN(CC(=O)O)CCN(CC(=O)O)CCN(CC(=O)O)CC2)cc1. The molecule has 1 fully saturated rings. The maximum absolute atomic E-state index is 12.7. The molecular weight excluding hydrogens is 522 g/mol. The molecule has 4 N–H and O–H groups in total. The molecule has 1 aliphatic rings. The van der Waals surface area contributed by atoms with Gasteiger partial charge < -0.3 is 20.1 Å². The van der Waals surface area contributed by atoms with Crippen molar-refractivity contribution in [3.63, 3.8) is 0 Å². The highest BCUT2D eigenvalue weighted by atomic mass is 32.2. The molecule has 0 amide bonds. The van der Waals surface area contributed by atoms with Crippen LogP contribution in [-0.4, -0.2) is 153 Å². The Labute approximate surface area is 222 Å². The average molecular weight is 560 g/mol. The first-order valence-electron chi connectivity index (χ1n) is 12.2. The van der Waals surface area contributed by atoms with E-state index in [4.69, 9.17) is 4.74 Å². The predicted molar refractivity (Wildman–Crippen MR) is 137 cm³/mol. The number of aliphatic carboxylic acids is 3. The van der Waals surface area contributed by atoms with E-state index in [0.29, 0.717) is 64.7 Å². The first-order valence-corrected chi connectivity index (χ1v) is 13.7. The second-order valence-electron chi connectivity index (χ2n) is 8.92. The van der Waals surface area contributed by atoms with Crippen molar-refractivity contribution in [3.05, 3.63) is 24.3 Å². The summed E-state index contributed by atoms with van der Waals surface area (Å²) < 4.78 is 33.0. The Balaban J connectivity index is 2.09. The fourth-order valence-electron chi connectivity index (χ4n) is 4.03. The summed E-state index contributed by atoms with van der Waals surface area (Å²) >= 11 is 0. The fourth-order valence-corrected chi connectivity index (χ4v) is 5.05. The number of hydrogen-bond donors (Lipinski definition) is 4. The Morgan fingerprint density at radius 3 is 1.45 bits per heavy atom. The number of methoxy groups -OCH3 is 1. The first-order chi connectivity index (χ1) is 18.0. The lowest BCUT2D eigenvalue weighted by atomic mass is 10.3. The van der Waals surface area contributed by atoms with E-state index in [0.717, 1.165) is 0 Å². The van der Waals surface area contributed by atoms with Crippen LogP contribution in [0.4, 0.5) is 0 Å². The van der Waals surface area contributed by atoms with Crippen molar-refractivity contribution >= 4 is 27.9 Å². The number of nitrogens with one attached hydrogen (secondary N) is 1. The molecule has 1 aromatic carbocycles. The molecule has 0 saturated carbocycles. The van der Waals surface area contributed by atoms with Crippen molar-refractivity contribution in [2.24, 2.45) is 0 Å². The topological polar surface area (TPSA) is 180 Å². The number of nitrogens with zero attached hydrogens (tertiary/aromatic N) is 4. The maximum atomic E-state index is 12.7. The fraction of sp³-hybridized carbons (Fsp3) is 0.609. The number of hydrogen-bond acceptors (Lipinski definition) is 10. The normalized spacial score (nSPS) is 17.8. The monoisotopic (exact) mass is 559 g/mol. The van der Waals surface area contributed by atoms with E-state index < -0.39 is 27.9 Å². The lowest BCUT2D eigenvalue weighted by Gasteiger charge is -2.33. The molecule has 1 aromatic rings. The summed E-state index contributed by atoms with van der Waals surface area (Å²) in [5.74, 6) is -2.50. The van der Waals surface area contributed by atoms with Crippen molar-refractivity contribution in [2.75, 3.05) is 92.2 Å². The largest absolute Gasteiger partial charge is 0.497 e. The minimum Gasteiger partial charge on any atom is -0.497 e. The maximum Gasteiger partial charge on any atom is 0.317 e. The van der Waals surface area contributed by atoms with Gasteiger partial charge in [0.2, 0.25) is 10.0 Å². The molecule has 1 saturated heterocycles. The van der Waals surface area contributed by atoms with Crippen LogP contribution >= 0.6 is 0 Å². The third-order valence-corrected chi connectivity index (χ3v) is 7.57. The van der Waals surface area contributed by atoms with Gasteiger partial charge in [-0.3, -0.25) is 34.0 Å². The molecule has 0 spiro atoms. The molecule has 0 radical (unpaired) electrons. The van der Waals surface area contributed by atoms with E-state index in [1.165, 1.54) is 19.2 Å². The standard InChI is InChI=1S/C23H37N5O9S/c1-37-19-2-4-20(5-3-19)38(35,36)24-6-7-25-8-10-26(16-21(29)30)12-14-28(18-23(33)34)15-13-27(11-9-25)17-22(31)32/h2-5,24H,6-18H2,1H3,(H,29,30)(H,31,32)(H,33,34). The summed E-state index contributed by atoms with van der Waals surface area (Å²) in [6.07, 6.45) is 0. The molecule has 1 heterocycles. The number of benzene rings is 1. The van der Waals surface area contributed by atoms with Crippen LogP contribution in [0, 0.1) is 0 Å². The number of ether oxygens (including phenoxy) is 1. The molecule has 2 rings (SSSR count). The minimum atomic E-state index is -3.76. The number of carboxylic acids is 3. The zero-order valence-corrected chi connectivity index (χ0v) is 22.3. The van der Waals surface area contributed by atoms with Crippen LogP contribution in [0.15, 0.2) is 29.2 Å². The smallest absolute Gasteiger partial charge is 0.317 e. The van der Waals surface area contributed by atoms with E-state index >= 15 is 0 Å². The Bertz CT molecular complexity index is 991. The summed E-state index contributed by atoms with van der Waals surface area (Å²) in [6, 6.07) is 5.99. The Hall–Kier alpha value is -2.82. The molecule has 15 heteroatoms. The molecule has 0 bridgehead atoms. The van der Waals surface area contributed by atoms with Crippen LogP contribution in [0.1, 0.15) is 0 Å². The highest BCUT2D eigenvalue weighted by Crippen LogP contribution is 2.15. The zero-order valence-electron chi connectivity index (χ0n) is 21.5. The van der Waals surface area contributed by atoms with E-state index in [1.54, 1.807) is 26.8 Å². The van der Waals surface area contributed by atoms with Crippen LogP contribution in [-0.2, 0) is 24.4 Å². The highest BCUT2D eigenvalue weighted by molar-refractivity contribution is 7.89. The van der Waals surface area contributed by atoms with Gasteiger partial charge in [0.1, 0.15) is 5.75 Å². The molecule has 38 heavy (non-hydrogen) atoms. The van der Waals surface area contributed by atoms with Crippen molar-refractivity contribution in [3.8, 4) is 5.75 Å². The summed E-state index contributed by atoms with van der Waals surface area (Å²) in [7, 11) is -2.27. The van der Waals surface area contributed by atoms with Gasteiger partial charge in [0, 0.05) is 65.4 Å². The molecule has 1 aliphatic heterocycles. The molecule has 0 aliphatic carbocycles. The Morgan fingerprint density at radius 2 is 1.11 bits per heavy atom. The second kappa shape index (κ2) is 15.6. The van der Waals surface area contributed by atoms with Crippen molar-refractivity contribution in [1.82, 2.24) is 24.3 Å². The second-order valence-corrected chi connectivity index (χ2v) is 10.7. The number of rotatable bonds is 12. The van der Waals surface area contributed by atoms with Gasteiger partial charge in [-0.15, -0.1) is 0 Å². The van der Waals surface area contributed by atoms with Crippen molar-refractivity contribution < 1.29 is 42.9 Å². The van der Waals surface area contributed by atoms with Crippen LogP contribution in [0.2, 0.25) is 0 Å². The van der Waals surface area contributed by atoms with Gasteiger partial charge in [-0.1, -0.05) is 0 Å². The number of carbonyl (C=O) groups is 3. The van der Waals surface area contributed by atoms with Gasteiger partial charge in [-0.2, -0.15) is 0 Å². The van der Waals surface area contributed by atoms with Gasteiger partial charge in [-0.25, -0.2) is 13.1 Å². The average Bonchev–Trinajstić information content (AvgIpc) is 2.84. The summed E-state index contributed by atoms with van der Waals surface area (Å²) in [5.41, 5.74) is 0. The molecule has 14 nitrogen and oxygen atoms in total. The van der Waals surface area contributed by atoms with Crippen LogP contribution in [0.5, 0.6) is 5.75 Å². The molecular formula is C23H37N5O9S. The quantitative estimate of drug-likeness (QED) is 0.231. The minimum absolute atomic E-state index is 0.0955. The Kier molecular flexibility index (Phi) is 12.9. The van der Waals surface area contributed by atoms with Crippen LogP contribution in [0.3, 0.4) is 0 Å². The van der Waals surface area contributed by atoms with E-state index in [-0.39, 0.29) is 31.1 Å². The third kappa shape index (κ3) is 11.7. The third-order valence-electron chi connectivity index (χ3n) is 6.10. The highest BCUT2D eigenvalue weighted by Gasteiger charge is 2.21. The van der Waals surface area contributed by atoms with E-state index in [1.807, 2.05) is 4.90 Å². The predicted octanol–water partition coefficient (Wildman–Crippen LogP) is -1.55. The number of carboxylic acid groups (broad SMARTS) is 3. The van der Waals surface area contributed by atoms with Crippen molar-refractivity contribution in [1.29, 1.82) is 0 Å². The lowest BCUT2D eigenvalue weighted by molar-refractivity contribution is -0.140.